The number of hydrogen-bond donors (Lipinski definition) is 1. The number of Topliss-reactive ketones (excluding diaryl/α,β-unsaturated/α-hetero) is 1. The van der Waals surface area contributed by atoms with Gasteiger partial charge in [0.2, 0.25) is 0 Å². The summed E-state index contributed by atoms with van der Waals surface area (Å²) in [5, 5.41) is 9.56. The van der Waals surface area contributed by atoms with Crippen LogP contribution >= 0.6 is 0 Å². The van der Waals surface area contributed by atoms with Gasteiger partial charge in [0.25, 0.3) is 0 Å². The van der Waals surface area contributed by atoms with Crippen LogP contribution in [0.2, 0.25) is 0 Å². The van der Waals surface area contributed by atoms with E-state index in [1.807, 2.05) is 0 Å². The molecule has 6 nitrogen and oxygen atoms in total. The highest BCUT2D eigenvalue weighted by atomic mass is 18.2. The summed E-state index contributed by atoms with van der Waals surface area (Å²) < 4.78 is 36.6. The first-order valence-electron chi connectivity index (χ1n) is 9.74. The molecule has 0 spiro atoms. The zero-order valence-corrected chi connectivity index (χ0v) is 16.6. The minimum Gasteiger partial charge on any atom is -0.496 e. The van der Waals surface area contributed by atoms with E-state index in [1.165, 1.54) is 7.11 Å². The van der Waals surface area contributed by atoms with Crippen LogP contribution in [0.5, 0.6) is 23.0 Å². The predicted molar refractivity (Wildman–Crippen MR) is 106 cm³/mol. The molecule has 3 atom stereocenters. The van der Waals surface area contributed by atoms with Crippen molar-refractivity contribution in [1.29, 1.82) is 0 Å². The van der Waals surface area contributed by atoms with Gasteiger partial charge < -0.3 is 24.1 Å². The van der Waals surface area contributed by atoms with Crippen LogP contribution in [0.15, 0.2) is 30.3 Å². The molecule has 2 aromatic carbocycles. The topological polar surface area (TPSA) is 74.2 Å². The number of ketones is 1. The first-order valence-corrected chi connectivity index (χ1v) is 9.74. The van der Waals surface area contributed by atoms with Gasteiger partial charge >= 0.3 is 0 Å². The second-order valence-electron chi connectivity index (χ2n) is 7.90. The lowest BCUT2D eigenvalue weighted by molar-refractivity contribution is 0.0549. The summed E-state index contributed by atoms with van der Waals surface area (Å²) in [6, 6.07) is 6.79. The van der Waals surface area contributed by atoms with E-state index in [0.717, 1.165) is 0 Å². The first kappa shape index (κ1) is 18.9. The van der Waals surface area contributed by atoms with Crippen molar-refractivity contribution < 1.29 is 33.2 Å². The van der Waals surface area contributed by atoms with E-state index in [1.54, 1.807) is 43.3 Å². The molecule has 3 heterocycles. The Hall–Kier alpha value is -3.06. The second kappa shape index (κ2) is 6.74. The standard InChI is InChI=1S/C23H21FO6/c1-23(11-24)6-5-13-16(30-23)4-3-14-21(26)20-15-8-17(27-2)12(9-25)7-18(15)28-10-19(20)29-22(13)14/h3-8,19-20,25H,9-11H2,1-2H3/t19-,20+,23?/m1/s1/i24-1. The molecule has 3 aliphatic heterocycles. The quantitative estimate of drug-likeness (QED) is 0.834. The van der Waals surface area contributed by atoms with Crippen molar-refractivity contribution in [3.63, 3.8) is 0 Å². The third-order valence-corrected chi connectivity index (χ3v) is 5.88. The smallest absolute Gasteiger partial charge is 0.178 e. The Morgan fingerprint density at radius 2 is 2.13 bits per heavy atom. The zero-order chi connectivity index (χ0) is 21.0. The summed E-state index contributed by atoms with van der Waals surface area (Å²) in [6.45, 7) is 0.995. The Labute approximate surface area is 172 Å². The third kappa shape index (κ3) is 2.69. The maximum Gasteiger partial charge on any atom is 0.178 e. The minimum absolute atomic E-state index is 0.0837. The van der Waals surface area contributed by atoms with Gasteiger partial charge in [0.1, 0.15) is 42.4 Å². The van der Waals surface area contributed by atoms with Gasteiger partial charge in [-0.05, 0) is 43.3 Å². The van der Waals surface area contributed by atoms with Gasteiger partial charge in [-0.3, -0.25) is 4.79 Å². The number of methoxy groups -OCH3 is 1. The van der Waals surface area contributed by atoms with E-state index in [2.05, 4.69) is 0 Å². The van der Waals surface area contributed by atoms with Gasteiger partial charge in [-0.1, -0.05) is 0 Å². The number of halogens is 1. The third-order valence-electron chi connectivity index (χ3n) is 5.88. The summed E-state index contributed by atoms with van der Waals surface area (Å²) in [4.78, 5) is 13.5. The van der Waals surface area contributed by atoms with Crippen molar-refractivity contribution >= 4 is 11.9 Å². The molecule has 1 N–H and O–H groups in total. The van der Waals surface area contributed by atoms with Crippen LogP contribution in [-0.2, 0) is 6.61 Å². The van der Waals surface area contributed by atoms with E-state index in [4.69, 9.17) is 18.9 Å². The molecule has 0 fully saturated rings. The number of carbonyl (C=O) groups is 1. The van der Waals surface area contributed by atoms with Gasteiger partial charge in [-0.25, -0.2) is 4.39 Å². The largest absolute Gasteiger partial charge is 0.496 e. The fraction of sp³-hybridized carbons (Fsp3) is 0.348. The van der Waals surface area contributed by atoms with Gasteiger partial charge in [0, 0.05) is 11.1 Å². The van der Waals surface area contributed by atoms with Crippen molar-refractivity contribution in [2.75, 3.05) is 20.4 Å². The molecule has 0 saturated heterocycles. The normalized spacial score (nSPS) is 25.7. The molecule has 2 aromatic rings. The maximum absolute atomic E-state index is 13.5. The molecule has 0 saturated carbocycles. The fourth-order valence-corrected chi connectivity index (χ4v) is 4.26. The average Bonchev–Trinajstić information content (AvgIpc) is 2.77. The molecule has 156 valence electrons. The summed E-state index contributed by atoms with van der Waals surface area (Å²) >= 11 is 0. The van der Waals surface area contributed by atoms with Gasteiger partial charge in [0.05, 0.1) is 30.8 Å². The Morgan fingerprint density at radius 3 is 2.87 bits per heavy atom. The number of carbonyl (C=O) groups excluding carboxylic acids is 1. The number of alkyl halides is 1. The summed E-state index contributed by atoms with van der Waals surface area (Å²) in [5.41, 5.74) is 1.31. The molecule has 30 heavy (non-hydrogen) atoms. The Balaban J connectivity index is 1.59. The Morgan fingerprint density at radius 1 is 1.30 bits per heavy atom. The Kier molecular flexibility index (Phi) is 4.25. The lowest BCUT2D eigenvalue weighted by atomic mass is 9.80. The zero-order valence-electron chi connectivity index (χ0n) is 16.6. The SMILES string of the molecule is COc1cc2c(cc1CO)OC[C@H]1Oc3c(ccc4c3C=CC(C)(C[18F])O4)C(=O)[C@@H]21. The number of rotatable bonds is 3. The monoisotopic (exact) mass is 411 g/mol. The molecule has 3 aliphatic rings. The van der Waals surface area contributed by atoms with Gasteiger partial charge in [-0.15, -0.1) is 0 Å². The lowest BCUT2D eigenvalue weighted by Crippen LogP contribution is -2.43. The van der Waals surface area contributed by atoms with Gasteiger partial charge in [-0.2, -0.15) is 0 Å². The first-order chi connectivity index (χ1) is 14.5. The maximum atomic E-state index is 13.5. The number of aliphatic hydroxyl groups is 1. The van der Waals surface area contributed by atoms with Crippen molar-refractivity contribution in [1.82, 2.24) is 0 Å². The predicted octanol–water partition coefficient (Wildman–Crippen LogP) is 3.44. The molecule has 1 unspecified atom stereocenters. The van der Waals surface area contributed by atoms with E-state index in [0.29, 0.717) is 45.3 Å². The Bertz CT molecular complexity index is 1080. The van der Waals surface area contributed by atoms with Crippen LogP contribution in [0.3, 0.4) is 0 Å². The van der Waals surface area contributed by atoms with Crippen molar-refractivity contribution in [3.05, 3.63) is 52.6 Å². The van der Waals surface area contributed by atoms with E-state index >= 15 is 0 Å². The van der Waals surface area contributed by atoms with Crippen LogP contribution in [0.1, 0.15) is 39.9 Å². The van der Waals surface area contributed by atoms with Gasteiger partial charge in [0.15, 0.2) is 11.4 Å². The fourth-order valence-electron chi connectivity index (χ4n) is 4.26. The molecule has 5 rings (SSSR count). The number of ether oxygens (including phenoxy) is 4. The number of fused-ring (bicyclic) bond motifs is 6. The highest BCUT2D eigenvalue weighted by Crippen LogP contribution is 2.48. The highest BCUT2D eigenvalue weighted by Gasteiger charge is 2.45. The van der Waals surface area contributed by atoms with Crippen molar-refractivity contribution in [2.24, 2.45) is 0 Å². The molecular formula is C23H21FO6. The molecule has 0 aromatic heterocycles. The van der Waals surface area contributed by atoms with E-state index in [-0.39, 0.29) is 19.0 Å². The van der Waals surface area contributed by atoms with Crippen LogP contribution in [0, 0.1) is 0 Å². The second-order valence-corrected chi connectivity index (χ2v) is 7.90. The molecule has 0 amide bonds. The van der Waals surface area contributed by atoms with Crippen molar-refractivity contribution in [2.45, 2.75) is 31.2 Å². The van der Waals surface area contributed by atoms with E-state index in [9.17, 15) is 14.3 Å². The summed E-state index contributed by atoms with van der Waals surface area (Å²) in [6.07, 6.45) is 2.87. The molecule has 0 aliphatic carbocycles. The number of hydrogen-bond acceptors (Lipinski definition) is 6. The van der Waals surface area contributed by atoms with Crippen LogP contribution in [-0.4, -0.2) is 43.0 Å². The number of aliphatic hydroxyl groups excluding tert-OH is 1. The highest BCUT2D eigenvalue weighted by molar-refractivity contribution is 6.06. The average molecular weight is 411 g/mol. The lowest BCUT2D eigenvalue weighted by Gasteiger charge is -2.39. The molecule has 0 radical (unpaired) electrons. The minimum atomic E-state index is -1.03. The number of benzene rings is 2. The van der Waals surface area contributed by atoms with E-state index < -0.39 is 24.3 Å². The van der Waals surface area contributed by atoms with Crippen molar-refractivity contribution in [3.8, 4) is 23.0 Å². The molecule has 0 bridgehead atoms. The summed E-state index contributed by atoms with van der Waals surface area (Å²) in [7, 11) is 1.51. The van der Waals surface area contributed by atoms with Crippen LogP contribution in [0.4, 0.5) is 4.39 Å². The summed E-state index contributed by atoms with van der Waals surface area (Å²) in [5.74, 6) is 1.31. The molecular weight excluding hydrogens is 390 g/mol. The molecule has 7 heteroatoms. The van der Waals surface area contributed by atoms with Crippen LogP contribution in [0.25, 0.3) is 6.08 Å². The van der Waals surface area contributed by atoms with Crippen LogP contribution < -0.4 is 18.9 Å².